The fourth-order valence-corrected chi connectivity index (χ4v) is 3.19. The van der Waals surface area contributed by atoms with Crippen LogP contribution in [0.5, 0.6) is 0 Å². The van der Waals surface area contributed by atoms with Crippen molar-refractivity contribution in [3.05, 3.63) is 44.5 Å². The number of hydrogen-bond donors (Lipinski definition) is 3. The molecule has 1 fully saturated rings. The van der Waals surface area contributed by atoms with Crippen LogP contribution in [0.2, 0.25) is 0 Å². The first kappa shape index (κ1) is 19.2. The van der Waals surface area contributed by atoms with Crippen molar-refractivity contribution < 1.29 is 4.79 Å². The van der Waals surface area contributed by atoms with Gasteiger partial charge in [-0.3, -0.25) is 14.4 Å². The van der Waals surface area contributed by atoms with Gasteiger partial charge in [0.2, 0.25) is 0 Å². The molecule has 1 unspecified atom stereocenters. The van der Waals surface area contributed by atoms with Crippen molar-refractivity contribution in [1.82, 2.24) is 20.2 Å². The number of hydrogen-bond acceptors (Lipinski definition) is 4. The number of nitrogens with zero attached hydrogens (tertiary/aromatic N) is 1. The zero-order valence-corrected chi connectivity index (χ0v) is 14.9. The Labute approximate surface area is 151 Å². The smallest absolute Gasteiger partial charge is 0.316 e. The Morgan fingerprint density at radius 1 is 1.36 bits per heavy atom. The van der Waals surface area contributed by atoms with E-state index in [0.717, 1.165) is 25.9 Å². The number of aryl methyl sites for hydroxylation is 1. The first-order chi connectivity index (χ1) is 11.6. The highest BCUT2D eigenvalue weighted by atomic mass is 35.5. The Kier molecular flexibility index (Phi) is 6.39. The quantitative estimate of drug-likeness (QED) is 0.684. The van der Waals surface area contributed by atoms with E-state index in [4.69, 9.17) is 0 Å². The van der Waals surface area contributed by atoms with E-state index in [2.05, 4.69) is 15.6 Å². The summed E-state index contributed by atoms with van der Waals surface area (Å²) in [5, 5.41) is 6.23. The lowest BCUT2D eigenvalue weighted by Crippen LogP contribution is -2.36. The van der Waals surface area contributed by atoms with Gasteiger partial charge in [0.1, 0.15) is 0 Å². The Morgan fingerprint density at radius 2 is 2.16 bits per heavy atom. The lowest BCUT2D eigenvalue weighted by atomic mass is 10.1. The number of carbonyl (C=O) groups is 1. The van der Waals surface area contributed by atoms with Gasteiger partial charge < -0.3 is 20.2 Å². The summed E-state index contributed by atoms with van der Waals surface area (Å²) >= 11 is 0. The van der Waals surface area contributed by atoms with Crippen molar-refractivity contribution in [1.29, 1.82) is 0 Å². The van der Waals surface area contributed by atoms with Crippen LogP contribution in [0, 0.1) is 5.92 Å². The first-order valence-electron chi connectivity index (χ1n) is 8.36. The van der Waals surface area contributed by atoms with Crippen LogP contribution in [0.25, 0.3) is 11.0 Å². The molecule has 1 aliphatic heterocycles. The summed E-state index contributed by atoms with van der Waals surface area (Å²) in [6.07, 6.45) is 2.11. The van der Waals surface area contributed by atoms with Gasteiger partial charge in [-0.1, -0.05) is 0 Å². The van der Waals surface area contributed by atoms with Gasteiger partial charge in [0.05, 0.1) is 11.0 Å². The number of H-pyrrole nitrogens is 1. The maximum Gasteiger partial charge on any atom is 0.316 e. The second-order valence-corrected chi connectivity index (χ2v) is 6.14. The largest absolute Gasteiger partial charge is 0.352 e. The minimum atomic E-state index is -0.671. The zero-order valence-electron chi connectivity index (χ0n) is 14.1. The fraction of sp³-hybridized carbons (Fsp3) is 0.471. The van der Waals surface area contributed by atoms with Crippen molar-refractivity contribution in [2.24, 2.45) is 5.92 Å². The summed E-state index contributed by atoms with van der Waals surface area (Å²) in [6.45, 7) is 4.91. The van der Waals surface area contributed by atoms with Crippen LogP contribution >= 0.6 is 12.4 Å². The minimum Gasteiger partial charge on any atom is -0.352 e. The predicted octanol–water partition coefficient (Wildman–Crippen LogP) is 0.861. The van der Waals surface area contributed by atoms with E-state index in [1.807, 2.05) is 0 Å². The third-order valence-corrected chi connectivity index (χ3v) is 4.55. The van der Waals surface area contributed by atoms with Gasteiger partial charge in [0.15, 0.2) is 0 Å². The van der Waals surface area contributed by atoms with Gasteiger partial charge in [0.25, 0.3) is 5.91 Å². The van der Waals surface area contributed by atoms with E-state index in [9.17, 15) is 14.4 Å². The normalized spacial score (nSPS) is 16.6. The number of rotatable bonds is 5. The molecular weight excluding hydrogens is 344 g/mol. The summed E-state index contributed by atoms with van der Waals surface area (Å²) in [4.78, 5) is 38.4. The lowest BCUT2D eigenvalue weighted by Gasteiger charge is -2.11. The number of halogens is 1. The molecule has 2 heterocycles. The molecule has 3 N–H and O–H groups in total. The van der Waals surface area contributed by atoms with Crippen LogP contribution in [-0.4, -0.2) is 35.1 Å². The number of nitrogens with one attached hydrogen (secondary N) is 3. The van der Waals surface area contributed by atoms with Crippen molar-refractivity contribution in [3.8, 4) is 0 Å². The highest BCUT2D eigenvalue weighted by molar-refractivity contribution is 5.97. The molecular formula is C17H23ClN4O3. The van der Waals surface area contributed by atoms with Gasteiger partial charge in [-0.15, -0.1) is 12.4 Å². The number of carbonyl (C=O) groups excluding carboxylic acids is 1. The molecule has 1 saturated heterocycles. The van der Waals surface area contributed by atoms with Gasteiger partial charge >= 0.3 is 11.1 Å². The zero-order chi connectivity index (χ0) is 17.1. The van der Waals surface area contributed by atoms with Crippen molar-refractivity contribution in [2.75, 3.05) is 19.6 Å². The molecule has 1 aliphatic rings. The average molecular weight is 367 g/mol. The first-order valence-corrected chi connectivity index (χ1v) is 8.36. The third-order valence-electron chi connectivity index (χ3n) is 4.55. The summed E-state index contributed by atoms with van der Waals surface area (Å²) in [5.41, 5.74) is 0.344. The van der Waals surface area contributed by atoms with Crippen LogP contribution in [0.1, 0.15) is 30.1 Å². The van der Waals surface area contributed by atoms with Crippen LogP contribution in [-0.2, 0) is 6.54 Å². The predicted molar refractivity (Wildman–Crippen MR) is 99.7 cm³/mol. The molecule has 0 aliphatic carbocycles. The molecule has 1 atom stereocenters. The summed E-state index contributed by atoms with van der Waals surface area (Å²) in [6, 6.07) is 5.00. The van der Waals surface area contributed by atoms with Crippen molar-refractivity contribution in [2.45, 2.75) is 26.3 Å². The highest BCUT2D eigenvalue weighted by Crippen LogP contribution is 2.13. The molecule has 8 heteroatoms. The molecule has 1 aromatic carbocycles. The van der Waals surface area contributed by atoms with E-state index < -0.39 is 11.1 Å². The molecule has 0 radical (unpaired) electrons. The maximum absolute atomic E-state index is 12.3. The Morgan fingerprint density at radius 3 is 2.84 bits per heavy atom. The van der Waals surface area contributed by atoms with Gasteiger partial charge in [-0.05, 0) is 57.0 Å². The highest BCUT2D eigenvalue weighted by Gasteiger charge is 2.15. The second-order valence-electron chi connectivity index (χ2n) is 6.14. The van der Waals surface area contributed by atoms with Crippen LogP contribution in [0.15, 0.2) is 27.8 Å². The standard InChI is InChI=1S/C17H22N4O3.ClH/c1-2-21-14-4-3-12(9-13(14)20-16(23)17(21)24)15(22)19-8-6-11-5-7-18-10-11;/h3-4,9,11,18H,2,5-8,10H2,1H3,(H,19,22)(H,20,23);1H. The molecule has 25 heavy (non-hydrogen) atoms. The summed E-state index contributed by atoms with van der Waals surface area (Å²) in [7, 11) is 0. The fourth-order valence-electron chi connectivity index (χ4n) is 3.19. The van der Waals surface area contributed by atoms with Gasteiger partial charge in [-0.25, -0.2) is 0 Å². The number of amides is 1. The lowest BCUT2D eigenvalue weighted by molar-refractivity contribution is 0.0952. The SMILES string of the molecule is CCn1c(=O)c(=O)[nH]c2cc(C(=O)NCCC3CCNC3)ccc21.Cl. The molecule has 1 amide bonds. The monoisotopic (exact) mass is 366 g/mol. The number of aromatic nitrogens is 2. The molecule has 136 valence electrons. The Hall–Kier alpha value is -2.12. The molecule has 7 nitrogen and oxygen atoms in total. The van der Waals surface area contributed by atoms with E-state index in [-0.39, 0.29) is 18.3 Å². The van der Waals surface area contributed by atoms with Crippen LogP contribution in [0.4, 0.5) is 0 Å². The van der Waals surface area contributed by atoms with Crippen molar-refractivity contribution in [3.63, 3.8) is 0 Å². The summed E-state index contributed by atoms with van der Waals surface area (Å²) in [5.74, 6) is 0.454. The minimum absolute atomic E-state index is 0. The van der Waals surface area contributed by atoms with Gasteiger partial charge in [-0.2, -0.15) is 0 Å². The molecule has 2 aromatic rings. The number of aromatic amines is 1. The van der Waals surface area contributed by atoms with E-state index in [0.29, 0.717) is 35.6 Å². The second kappa shape index (κ2) is 8.31. The Bertz CT molecular complexity index is 868. The van der Waals surface area contributed by atoms with E-state index >= 15 is 0 Å². The molecule has 1 aromatic heterocycles. The molecule has 0 bridgehead atoms. The van der Waals surface area contributed by atoms with Crippen LogP contribution in [0.3, 0.4) is 0 Å². The molecule has 0 saturated carbocycles. The Balaban J connectivity index is 0.00000225. The number of benzene rings is 1. The van der Waals surface area contributed by atoms with Gasteiger partial charge in [0, 0.05) is 18.7 Å². The average Bonchev–Trinajstić information content (AvgIpc) is 3.09. The molecule has 0 spiro atoms. The van der Waals surface area contributed by atoms with Crippen molar-refractivity contribution >= 4 is 29.3 Å². The number of fused-ring (bicyclic) bond motifs is 1. The third kappa shape index (κ3) is 4.11. The summed E-state index contributed by atoms with van der Waals surface area (Å²) < 4.78 is 1.41. The molecule has 3 rings (SSSR count). The maximum atomic E-state index is 12.3. The van der Waals surface area contributed by atoms with Crippen LogP contribution < -0.4 is 21.8 Å². The van der Waals surface area contributed by atoms with E-state index in [1.54, 1.807) is 25.1 Å². The topological polar surface area (TPSA) is 96.0 Å². The van der Waals surface area contributed by atoms with E-state index in [1.165, 1.54) is 4.57 Å².